The molecule has 0 atom stereocenters. The third kappa shape index (κ3) is 3.92. The molecule has 122 valence electrons. The van der Waals surface area contributed by atoms with E-state index in [1.165, 1.54) is 31.4 Å². The first-order valence-corrected chi connectivity index (χ1v) is 8.84. The molecule has 2 rings (SSSR count). The lowest BCUT2D eigenvalue weighted by Gasteiger charge is -2.13. The molecule has 0 aliphatic heterocycles. The van der Waals surface area contributed by atoms with E-state index in [0.717, 1.165) is 4.47 Å². The summed E-state index contributed by atoms with van der Waals surface area (Å²) in [5.74, 6) is -0.279. The summed E-state index contributed by atoms with van der Waals surface area (Å²) < 4.78 is 35.4. The first-order valence-electron chi connectivity index (χ1n) is 6.64. The fourth-order valence-corrected chi connectivity index (χ4v) is 3.39. The maximum Gasteiger partial charge on any atom is 0.339 e. The van der Waals surface area contributed by atoms with Gasteiger partial charge in [0.25, 0.3) is 0 Å². The first-order chi connectivity index (χ1) is 10.7. The van der Waals surface area contributed by atoms with Crippen molar-refractivity contribution in [2.45, 2.75) is 18.7 Å². The number of benzene rings is 2. The lowest BCUT2D eigenvalue weighted by Crippen LogP contribution is -2.12. The van der Waals surface area contributed by atoms with Gasteiger partial charge in [-0.25, -0.2) is 4.79 Å². The molecule has 0 N–H and O–H groups in total. The highest BCUT2D eigenvalue weighted by Crippen LogP contribution is 2.28. The van der Waals surface area contributed by atoms with E-state index in [-0.39, 0.29) is 10.6 Å². The average molecular weight is 399 g/mol. The fourth-order valence-electron chi connectivity index (χ4n) is 2.08. The number of carbonyl (C=O) groups excluding carboxylic acids is 1. The van der Waals surface area contributed by atoms with Crippen molar-refractivity contribution in [3.8, 4) is 5.75 Å². The van der Waals surface area contributed by atoms with Gasteiger partial charge in [-0.05, 0) is 61.4 Å². The zero-order valence-electron chi connectivity index (χ0n) is 12.8. The van der Waals surface area contributed by atoms with Gasteiger partial charge in [0.05, 0.1) is 12.7 Å². The Morgan fingerprint density at radius 2 is 1.57 bits per heavy atom. The quantitative estimate of drug-likeness (QED) is 0.580. The minimum Gasteiger partial charge on any atom is -0.465 e. The molecule has 0 fully saturated rings. The topological polar surface area (TPSA) is 69.7 Å². The zero-order valence-corrected chi connectivity index (χ0v) is 15.2. The van der Waals surface area contributed by atoms with Crippen molar-refractivity contribution in [2.24, 2.45) is 0 Å². The van der Waals surface area contributed by atoms with Gasteiger partial charge in [-0.15, -0.1) is 0 Å². The van der Waals surface area contributed by atoms with Crippen LogP contribution in [0.4, 0.5) is 0 Å². The maximum atomic E-state index is 12.4. The molecule has 0 saturated carbocycles. The molecule has 5 nitrogen and oxygen atoms in total. The molecule has 0 bridgehead atoms. The van der Waals surface area contributed by atoms with Gasteiger partial charge in [-0.1, -0.05) is 15.9 Å². The van der Waals surface area contributed by atoms with Gasteiger partial charge in [-0.3, -0.25) is 0 Å². The Balaban J connectivity index is 2.40. The van der Waals surface area contributed by atoms with Crippen LogP contribution in [0.3, 0.4) is 0 Å². The van der Waals surface area contributed by atoms with Crippen molar-refractivity contribution in [3.63, 3.8) is 0 Å². The molecule has 0 aliphatic carbocycles. The van der Waals surface area contributed by atoms with Crippen LogP contribution >= 0.6 is 15.9 Å². The van der Waals surface area contributed by atoms with E-state index in [2.05, 4.69) is 20.7 Å². The summed E-state index contributed by atoms with van der Waals surface area (Å²) >= 11 is 3.25. The molecule has 0 radical (unpaired) electrons. The summed E-state index contributed by atoms with van der Waals surface area (Å²) in [7, 11) is -2.66. The van der Waals surface area contributed by atoms with Gasteiger partial charge in [0.15, 0.2) is 0 Å². The Kier molecular flexibility index (Phi) is 5.11. The largest absolute Gasteiger partial charge is 0.465 e. The molecule has 7 heteroatoms. The highest BCUT2D eigenvalue weighted by atomic mass is 79.9. The second-order valence-corrected chi connectivity index (χ2v) is 7.38. The van der Waals surface area contributed by atoms with Crippen LogP contribution in [0.15, 0.2) is 45.8 Å². The summed E-state index contributed by atoms with van der Waals surface area (Å²) in [6.07, 6.45) is 0. The molecular weight excluding hydrogens is 384 g/mol. The monoisotopic (exact) mass is 398 g/mol. The van der Waals surface area contributed by atoms with Crippen LogP contribution in [0.2, 0.25) is 0 Å². The van der Waals surface area contributed by atoms with E-state index >= 15 is 0 Å². The van der Waals surface area contributed by atoms with Crippen LogP contribution in [0, 0.1) is 13.8 Å². The number of methoxy groups -OCH3 is 1. The highest BCUT2D eigenvalue weighted by molar-refractivity contribution is 9.10. The van der Waals surface area contributed by atoms with E-state index in [4.69, 9.17) is 4.18 Å². The van der Waals surface area contributed by atoms with E-state index in [0.29, 0.717) is 16.7 Å². The van der Waals surface area contributed by atoms with Gasteiger partial charge >= 0.3 is 16.1 Å². The van der Waals surface area contributed by atoms with Crippen LogP contribution in [0.5, 0.6) is 5.75 Å². The number of rotatable bonds is 4. The summed E-state index contributed by atoms with van der Waals surface area (Å²) in [6, 6.07) is 9.21. The van der Waals surface area contributed by atoms with Crippen LogP contribution < -0.4 is 4.18 Å². The summed E-state index contributed by atoms with van der Waals surface area (Å²) in [5, 5.41) is 0. The molecule has 23 heavy (non-hydrogen) atoms. The predicted octanol–water partition coefficient (Wildman–Crippen LogP) is 3.62. The van der Waals surface area contributed by atoms with E-state index in [9.17, 15) is 13.2 Å². The summed E-state index contributed by atoms with van der Waals surface area (Å²) in [4.78, 5) is 11.6. The van der Waals surface area contributed by atoms with Gasteiger partial charge in [0.2, 0.25) is 0 Å². The average Bonchev–Trinajstić information content (AvgIpc) is 2.50. The van der Waals surface area contributed by atoms with Crippen molar-refractivity contribution in [1.29, 1.82) is 0 Å². The second kappa shape index (κ2) is 6.72. The Morgan fingerprint density at radius 1 is 1.04 bits per heavy atom. The van der Waals surface area contributed by atoms with Crippen LogP contribution in [-0.2, 0) is 14.9 Å². The third-order valence-corrected chi connectivity index (χ3v) is 4.94. The van der Waals surface area contributed by atoms with Crippen molar-refractivity contribution in [2.75, 3.05) is 7.11 Å². The summed E-state index contributed by atoms with van der Waals surface area (Å²) in [6.45, 7) is 3.34. The first kappa shape index (κ1) is 17.5. The van der Waals surface area contributed by atoms with Gasteiger partial charge < -0.3 is 8.92 Å². The molecule has 0 saturated heterocycles. The molecule has 0 amide bonds. The standard InChI is InChI=1S/C16H15BrO5S/c1-10-8-12(16(18)21-3)9-11(2)15(10)22-23(19,20)14-6-4-13(17)5-7-14/h4-9H,1-3H3. The Bertz CT molecular complexity index is 818. The Morgan fingerprint density at radius 3 is 2.04 bits per heavy atom. The SMILES string of the molecule is COC(=O)c1cc(C)c(OS(=O)(=O)c2ccc(Br)cc2)c(C)c1. The predicted molar refractivity (Wildman–Crippen MR) is 89.2 cm³/mol. The second-order valence-electron chi connectivity index (χ2n) is 4.92. The molecule has 0 aliphatic rings. The number of carbonyl (C=O) groups is 1. The Labute approximate surface area is 143 Å². The van der Waals surface area contributed by atoms with Crippen molar-refractivity contribution < 1.29 is 22.1 Å². The van der Waals surface area contributed by atoms with Crippen molar-refractivity contribution in [3.05, 3.63) is 57.6 Å². The Hall–Kier alpha value is -1.86. The minimum atomic E-state index is -3.95. The molecule has 2 aromatic rings. The van der Waals surface area contributed by atoms with Crippen LogP contribution in [-0.4, -0.2) is 21.5 Å². The van der Waals surface area contributed by atoms with Gasteiger partial charge in [-0.2, -0.15) is 8.42 Å². The lowest BCUT2D eigenvalue weighted by atomic mass is 10.1. The normalized spacial score (nSPS) is 11.1. The van der Waals surface area contributed by atoms with Crippen LogP contribution in [0.1, 0.15) is 21.5 Å². The minimum absolute atomic E-state index is 0.0524. The van der Waals surface area contributed by atoms with Crippen LogP contribution in [0.25, 0.3) is 0 Å². The smallest absolute Gasteiger partial charge is 0.339 e. The molecular formula is C16H15BrO5S. The number of ether oxygens (including phenoxy) is 1. The fraction of sp³-hybridized carbons (Fsp3) is 0.188. The van der Waals surface area contributed by atoms with E-state index in [1.807, 2.05) is 0 Å². The summed E-state index contributed by atoms with van der Waals surface area (Å²) in [5.41, 5.74) is 1.41. The number of aryl methyl sites for hydroxylation is 2. The van der Waals surface area contributed by atoms with E-state index in [1.54, 1.807) is 26.0 Å². The number of halogens is 1. The molecule has 0 aromatic heterocycles. The highest BCUT2D eigenvalue weighted by Gasteiger charge is 2.20. The molecule has 0 spiro atoms. The number of hydrogen-bond acceptors (Lipinski definition) is 5. The van der Waals surface area contributed by atoms with Crippen molar-refractivity contribution >= 4 is 32.0 Å². The number of esters is 1. The number of hydrogen-bond donors (Lipinski definition) is 0. The van der Waals surface area contributed by atoms with E-state index < -0.39 is 16.1 Å². The zero-order chi connectivity index (χ0) is 17.2. The van der Waals surface area contributed by atoms with Gasteiger partial charge in [0, 0.05) is 4.47 Å². The molecule has 0 unspecified atom stereocenters. The maximum absolute atomic E-state index is 12.4. The lowest BCUT2D eigenvalue weighted by molar-refractivity contribution is 0.0600. The van der Waals surface area contributed by atoms with Gasteiger partial charge in [0.1, 0.15) is 10.6 Å². The molecule has 0 heterocycles. The molecule has 2 aromatic carbocycles. The third-order valence-electron chi connectivity index (χ3n) is 3.18. The van der Waals surface area contributed by atoms with Crippen molar-refractivity contribution in [1.82, 2.24) is 0 Å².